The molecule has 4 heterocycles. The van der Waals surface area contributed by atoms with Gasteiger partial charge in [-0.2, -0.15) is 18.3 Å². The van der Waals surface area contributed by atoms with E-state index in [1.807, 2.05) is 19.1 Å². The highest BCUT2D eigenvalue weighted by atomic mass is 32.2. The quantitative estimate of drug-likeness (QED) is 0.278. The second-order valence-electron chi connectivity index (χ2n) is 9.35. The van der Waals surface area contributed by atoms with Crippen molar-refractivity contribution in [3.63, 3.8) is 0 Å². The second kappa shape index (κ2) is 10.8. The minimum atomic E-state index is -4.57. The largest absolute Gasteiger partial charge is 0.397 e. The number of carbonyl (C=O) groups excluding carboxylic acids is 1. The van der Waals surface area contributed by atoms with Crippen LogP contribution < -0.4 is 15.5 Å². The standard InChI is InChI=1S/C24H26F4N8OS/c1-14-8-20(34-33-14)30-19-9-21(36-12-17(13-36)35-7-6-15(25)11-35)32-23(31-19)38-18-4-2-16(3-5-18)29-22(37)10-24(26,27)28/h2-5,8-9,15,17H,6-7,10-13H2,1H3,(H,29,37)(H2,30,31,32,33,34)/t15-/m0/s1. The number of benzene rings is 1. The zero-order valence-electron chi connectivity index (χ0n) is 20.4. The Bertz CT molecular complexity index is 1280. The van der Waals surface area contributed by atoms with Crippen LogP contribution in [0.3, 0.4) is 0 Å². The average Bonchev–Trinajstić information content (AvgIpc) is 3.40. The molecule has 0 saturated carbocycles. The molecule has 2 aliphatic heterocycles. The van der Waals surface area contributed by atoms with Crippen LogP contribution in [0, 0.1) is 6.92 Å². The fourth-order valence-electron chi connectivity index (χ4n) is 4.36. The highest BCUT2D eigenvalue weighted by Crippen LogP contribution is 2.32. The van der Waals surface area contributed by atoms with Gasteiger partial charge in [0.15, 0.2) is 5.16 Å². The molecular weight excluding hydrogens is 524 g/mol. The van der Waals surface area contributed by atoms with Crippen LogP contribution in [0.4, 0.5) is 40.7 Å². The van der Waals surface area contributed by atoms with Crippen LogP contribution in [0.2, 0.25) is 0 Å². The zero-order valence-corrected chi connectivity index (χ0v) is 21.2. The summed E-state index contributed by atoms with van der Waals surface area (Å²) in [4.78, 5) is 25.9. The summed E-state index contributed by atoms with van der Waals surface area (Å²) in [5, 5.41) is 12.9. The van der Waals surface area contributed by atoms with E-state index in [2.05, 4.69) is 35.6 Å². The molecule has 2 aliphatic rings. The normalized spacial score (nSPS) is 18.4. The van der Waals surface area contributed by atoms with Crippen LogP contribution in [0.25, 0.3) is 0 Å². The molecule has 1 amide bonds. The zero-order chi connectivity index (χ0) is 26.9. The summed E-state index contributed by atoms with van der Waals surface area (Å²) in [6.45, 7) is 4.58. The summed E-state index contributed by atoms with van der Waals surface area (Å²) in [6.07, 6.45) is -6.29. The number of aromatic amines is 1. The number of anilines is 4. The number of nitrogens with zero attached hydrogens (tertiary/aromatic N) is 5. The molecule has 3 N–H and O–H groups in total. The van der Waals surface area contributed by atoms with Gasteiger partial charge >= 0.3 is 6.18 Å². The van der Waals surface area contributed by atoms with Gasteiger partial charge in [0.2, 0.25) is 5.91 Å². The maximum atomic E-state index is 13.6. The molecule has 0 bridgehead atoms. The number of carbonyl (C=O) groups is 1. The Hall–Kier alpha value is -3.39. The molecule has 2 aromatic heterocycles. The van der Waals surface area contributed by atoms with Crippen molar-refractivity contribution < 1.29 is 22.4 Å². The lowest BCUT2D eigenvalue weighted by molar-refractivity contribution is -0.150. The van der Waals surface area contributed by atoms with Crippen LogP contribution in [-0.4, -0.2) is 75.5 Å². The summed E-state index contributed by atoms with van der Waals surface area (Å²) >= 11 is 1.28. The molecule has 14 heteroatoms. The van der Waals surface area contributed by atoms with E-state index in [-0.39, 0.29) is 11.7 Å². The Balaban J connectivity index is 1.29. The lowest BCUT2D eigenvalue weighted by Gasteiger charge is -2.44. The Labute approximate surface area is 220 Å². The number of aryl methyl sites for hydroxylation is 1. The summed E-state index contributed by atoms with van der Waals surface area (Å²) < 4.78 is 50.9. The SMILES string of the molecule is Cc1cc(Nc2cc(N3CC(N4CC[C@H](F)C4)C3)nc(Sc3ccc(NC(=O)CC(F)(F)F)cc3)n2)[nH]n1. The number of rotatable bonds is 8. The van der Waals surface area contributed by atoms with Crippen LogP contribution in [0.15, 0.2) is 46.5 Å². The Morgan fingerprint density at radius 1 is 1.16 bits per heavy atom. The van der Waals surface area contributed by atoms with Crippen LogP contribution in [-0.2, 0) is 4.79 Å². The van der Waals surface area contributed by atoms with E-state index in [1.165, 1.54) is 23.9 Å². The third kappa shape index (κ3) is 6.72. The number of H-pyrrole nitrogens is 1. The average molecular weight is 551 g/mol. The first-order valence-electron chi connectivity index (χ1n) is 12.1. The number of alkyl halides is 4. The molecule has 1 atom stereocenters. The van der Waals surface area contributed by atoms with Gasteiger partial charge in [-0.25, -0.2) is 14.4 Å². The van der Waals surface area contributed by atoms with Gasteiger partial charge in [0.05, 0.1) is 5.69 Å². The number of likely N-dealkylation sites (tertiary alicyclic amines) is 1. The third-order valence-electron chi connectivity index (χ3n) is 6.23. The maximum absolute atomic E-state index is 13.6. The summed E-state index contributed by atoms with van der Waals surface area (Å²) in [5.74, 6) is 0.840. The molecule has 38 heavy (non-hydrogen) atoms. The minimum Gasteiger partial charge on any atom is -0.353 e. The third-order valence-corrected chi connectivity index (χ3v) is 7.11. The number of halogens is 4. The van der Waals surface area contributed by atoms with Crippen molar-refractivity contribution in [3.05, 3.63) is 42.1 Å². The molecule has 0 radical (unpaired) electrons. The first kappa shape index (κ1) is 26.2. The number of hydrogen-bond acceptors (Lipinski definition) is 8. The van der Waals surface area contributed by atoms with Gasteiger partial charge in [0.25, 0.3) is 0 Å². The molecule has 9 nitrogen and oxygen atoms in total. The topological polar surface area (TPSA) is 102 Å². The summed E-state index contributed by atoms with van der Waals surface area (Å²) in [7, 11) is 0. The van der Waals surface area contributed by atoms with E-state index in [0.29, 0.717) is 29.8 Å². The van der Waals surface area contributed by atoms with Gasteiger partial charge in [0.1, 0.15) is 30.0 Å². The molecule has 0 unspecified atom stereocenters. The maximum Gasteiger partial charge on any atom is 0.397 e. The number of amides is 1. The number of nitrogens with one attached hydrogen (secondary N) is 3. The van der Waals surface area contributed by atoms with Gasteiger partial charge in [-0.1, -0.05) is 0 Å². The fourth-order valence-corrected chi connectivity index (χ4v) is 5.12. The van der Waals surface area contributed by atoms with Crippen molar-refractivity contribution in [2.24, 2.45) is 0 Å². The van der Waals surface area contributed by atoms with Crippen molar-refractivity contribution in [2.75, 3.05) is 41.7 Å². The molecule has 1 aromatic carbocycles. The summed E-state index contributed by atoms with van der Waals surface area (Å²) in [6, 6.07) is 10.4. The van der Waals surface area contributed by atoms with Crippen LogP contribution in [0.1, 0.15) is 18.5 Å². The van der Waals surface area contributed by atoms with Gasteiger partial charge in [-0.15, -0.1) is 0 Å². The van der Waals surface area contributed by atoms with Crippen LogP contribution >= 0.6 is 11.8 Å². The van der Waals surface area contributed by atoms with Crippen molar-refractivity contribution >= 4 is 40.8 Å². The molecule has 0 spiro atoms. The first-order valence-corrected chi connectivity index (χ1v) is 12.9. The molecule has 3 aromatic rings. The predicted octanol–water partition coefficient (Wildman–Crippen LogP) is 4.53. The molecular formula is C24H26F4N8OS. The monoisotopic (exact) mass is 550 g/mol. The van der Waals surface area contributed by atoms with Crippen molar-refractivity contribution in [1.29, 1.82) is 0 Å². The molecule has 5 rings (SSSR count). The van der Waals surface area contributed by atoms with Crippen molar-refractivity contribution in [3.8, 4) is 0 Å². The molecule has 2 fully saturated rings. The Morgan fingerprint density at radius 3 is 2.55 bits per heavy atom. The van der Waals surface area contributed by atoms with E-state index in [9.17, 15) is 22.4 Å². The minimum absolute atomic E-state index is 0.263. The smallest absolute Gasteiger partial charge is 0.353 e. The number of aromatic nitrogens is 4. The predicted molar refractivity (Wildman–Crippen MR) is 136 cm³/mol. The molecule has 0 aliphatic carbocycles. The van der Waals surface area contributed by atoms with E-state index in [4.69, 9.17) is 4.98 Å². The van der Waals surface area contributed by atoms with Gasteiger partial charge in [0, 0.05) is 54.9 Å². The van der Waals surface area contributed by atoms with E-state index in [1.54, 1.807) is 12.1 Å². The summed E-state index contributed by atoms with van der Waals surface area (Å²) in [5.41, 5.74) is 1.08. The van der Waals surface area contributed by atoms with E-state index >= 15 is 0 Å². The van der Waals surface area contributed by atoms with Gasteiger partial charge in [-0.05, 0) is 49.4 Å². The van der Waals surface area contributed by atoms with E-state index in [0.717, 1.165) is 36.0 Å². The highest BCUT2D eigenvalue weighted by molar-refractivity contribution is 7.99. The number of hydrogen-bond donors (Lipinski definition) is 3. The Morgan fingerprint density at radius 2 is 1.92 bits per heavy atom. The molecule has 202 valence electrons. The second-order valence-corrected chi connectivity index (χ2v) is 10.4. The lowest BCUT2D eigenvalue weighted by atomic mass is 10.1. The van der Waals surface area contributed by atoms with Gasteiger partial charge in [-0.3, -0.25) is 14.8 Å². The highest BCUT2D eigenvalue weighted by Gasteiger charge is 2.37. The van der Waals surface area contributed by atoms with E-state index < -0.39 is 24.7 Å². The fraction of sp³-hybridized carbons (Fsp3) is 0.417. The lowest BCUT2D eigenvalue weighted by Crippen LogP contribution is -2.59. The molecule has 2 saturated heterocycles. The van der Waals surface area contributed by atoms with Crippen molar-refractivity contribution in [2.45, 2.75) is 48.2 Å². The van der Waals surface area contributed by atoms with Gasteiger partial charge < -0.3 is 15.5 Å². The first-order chi connectivity index (χ1) is 18.1. The Kier molecular flexibility index (Phi) is 7.43. The van der Waals surface area contributed by atoms with Crippen molar-refractivity contribution in [1.82, 2.24) is 25.1 Å². The van der Waals surface area contributed by atoms with Crippen LogP contribution in [0.5, 0.6) is 0 Å².